The molecule has 0 bridgehead atoms. The molecule has 6 heteroatoms. The maximum Gasteiger partial charge on any atom is 0.218 e. The number of hydrogen-bond acceptors (Lipinski definition) is 2. The lowest BCUT2D eigenvalue weighted by atomic mass is 9.88. The largest absolute Gasteiger partial charge is 0.326 e. The van der Waals surface area contributed by atoms with E-state index >= 15 is 0 Å². The van der Waals surface area contributed by atoms with Gasteiger partial charge in [0, 0.05) is 5.59 Å². The molecule has 0 spiro atoms. The number of amides is 1. The summed E-state index contributed by atoms with van der Waals surface area (Å²) in [7, 11) is 16.3. The number of anilines is 1. The van der Waals surface area contributed by atoms with E-state index in [-0.39, 0.29) is 11.5 Å². The van der Waals surface area contributed by atoms with Crippen molar-refractivity contribution in [1.29, 1.82) is 0 Å². The van der Waals surface area contributed by atoms with E-state index in [1.807, 2.05) is 0 Å². The van der Waals surface area contributed by atoms with Crippen LogP contribution >= 0.6 is 0 Å². The van der Waals surface area contributed by atoms with E-state index in [4.69, 9.17) is 23.5 Å². The minimum atomic E-state index is -0.591. The van der Waals surface area contributed by atoms with Crippen LogP contribution in [0.3, 0.4) is 0 Å². The van der Waals surface area contributed by atoms with E-state index < -0.39 is 5.82 Å². The van der Waals surface area contributed by atoms with Gasteiger partial charge in [-0.15, -0.1) is 0 Å². The monoisotopic (exact) mass is 180 g/mol. The first-order valence-corrected chi connectivity index (χ1v) is 4.09. The molecule has 0 aromatic carbocycles. The van der Waals surface area contributed by atoms with Crippen LogP contribution in [0.15, 0.2) is 12.1 Å². The molecule has 64 valence electrons. The predicted octanol–water partition coefficient (Wildman–Crippen LogP) is -1.42. The molecule has 1 aromatic heterocycles. The van der Waals surface area contributed by atoms with Crippen molar-refractivity contribution < 1.29 is 4.79 Å². The highest BCUT2D eigenvalue weighted by Crippen LogP contribution is 2.03. The molecule has 6 radical (unpaired) electrons. The maximum absolute atomic E-state index is 11.2. The predicted molar refractivity (Wildman–Crippen MR) is 58.8 cm³/mol. The zero-order valence-electron chi connectivity index (χ0n) is 7.82. The number of nitrogens with zero attached hydrogens (tertiary/aromatic N) is 1. The number of nitrogens with one attached hydrogen (secondary N) is 1. The van der Waals surface area contributed by atoms with Gasteiger partial charge in [0.15, 0.2) is 0 Å². The second-order valence-corrected chi connectivity index (χ2v) is 2.95. The summed E-state index contributed by atoms with van der Waals surface area (Å²) < 4.78 is 0. The molecule has 14 heavy (non-hydrogen) atoms. The van der Waals surface area contributed by atoms with Gasteiger partial charge in [0.05, 0.1) is 13.5 Å². The number of hydrogen-bond donors (Lipinski definition) is 1. The zero-order chi connectivity index (χ0) is 10.7. The van der Waals surface area contributed by atoms with Gasteiger partial charge in [-0.05, 0) is 23.5 Å². The second-order valence-electron chi connectivity index (χ2n) is 2.95. The van der Waals surface area contributed by atoms with Gasteiger partial charge in [-0.25, -0.2) is 0 Å². The summed E-state index contributed by atoms with van der Waals surface area (Å²) in [4.78, 5) is 15.0. The Kier molecular flexibility index (Phi) is 3.39. The van der Waals surface area contributed by atoms with Gasteiger partial charge in [0.1, 0.15) is 15.7 Å². The van der Waals surface area contributed by atoms with Crippen molar-refractivity contribution in [1.82, 2.24) is 4.98 Å². The van der Waals surface area contributed by atoms with Crippen LogP contribution in [0.4, 0.5) is 5.69 Å². The third-order valence-electron chi connectivity index (χ3n) is 1.62. The normalized spacial score (nSPS) is 12.1. The lowest BCUT2D eigenvalue weighted by Gasteiger charge is -2.10. The fourth-order valence-electron chi connectivity index (χ4n) is 0.843. The topological polar surface area (TPSA) is 42.0 Å². The molecule has 1 heterocycles. The van der Waals surface area contributed by atoms with Crippen LogP contribution in [0.1, 0.15) is 6.92 Å². The summed E-state index contributed by atoms with van der Waals surface area (Å²) in [5.41, 5.74) is 0.904. The summed E-state index contributed by atoms with van der Waals surface area (Å²) in [5, 5.41) is 2.53. The van der Waals surface area contributed by atoms with Crippen molar-refractivity contribution in [2.24, 2.45) is 0 Å². The Morgan fingerprint density at radius 2 is 2.14 bits per heavy atom. The van der Waals surface area contributed by atoms with Crippen LogP contribution in [0.5, 0.6) is 0 Å². The van der Waals surface area contributed by atoms with Crippen LogP contribution in [-0.4, -0.2) is 34.4 Å². The van der Waals surface area contributed by atoms with E-state index in [1.165, 1.54) is 0 Å². The van der Waals surface area contributed by atoms with E-state index in [9.17, 15) is 4.79 Å². The Hall–Kier alpha value is -1.19. The molecule has 0 aliphatic rings. The molecule has 1 atom stereocenters. The molecular formula is C8H7B3N2O. The van der Waals surface area contributed by atoms with Crippen molar-refractivity contribution in [2.75, 3.05) is 5.32 Å². The summed E-state index contributed by atoms with van der Waals surface area (Å²) >= 11 is 0. The molecule has 1 rings (SSSR count). The highest BCUT2D eigenvalue weighted by atomic mass is 16.1. The standard InChI is InChI=1S/C8H7B3N2O/c1-4(9)8(14)12-5-2-3-6(10)13-7(5)11/h2-4H,1H3,(H,12,14). The Balaban J connectivity index is 2.82. The van der Waals surface area contributed by atoms with Crippen LogP contribution in [0.2, 0.25) is 5.82 Å². The van der Waals surface area contributed by atoms with Crippen molar-refractivity contribution in [3.63, 3.8) is 0 Å². The fraction of sp³-hybridized carbons (Fsp3) is 0.250. The molecule has 1 N–H and O–H groups in total. The Bertz CT molecular complexity index is 354. The summed E-state index contributed by atoms with van der Waals surface area (Å²) in [6, 6.07) is 3.13. The number of aromatic nitrogens is 1. The molecule has 1 aromatic rings. The molecule has 0 saturated heterocycles. The van der Waals surface area contributed by atoms with E-state index in [0.717, 1.165) is 0 Å². The van der Waals surface area contributed by atoms with Gasteiger partial charge in [-0.1, -0.05) is 6.92 Å². The van der Waals surface area contributed by atoms with Crippen LogP contribution in [0.25, 0.3) is 0 Å². The number of pyridine rings is 1. The van der Waals surface area contributed by atoms with E-state index in [0.29, 0.717) is 11.3 Å². The number of rotatable bonds is 2. The smallest absolute Gasteiger partial charge is 0.218 e. The molecule has 1 unspecified atom stereocenters. The summed E-state index contributed by atoms with van der Waals surface area (Å²) in [5.74, 6) is -0.907. The van der Waals surface area contributed by atoms with Crippen LogP contribution in [0, 0.1) is 0 Å². The first-order chi connectivity index (χ1) is 6.50. The minimum absolute atomic E-state index is 0.180. The highest BCUT2D eigenvalue weighted by molar-refractivity contribution is 6.38. The third-order valence-corrected chi connectivity index (χ3v) is 1.62. The number of carbonyl (C=O) groups excluding carboxylic acids is 1. The Labute approximate surface area is 86.9 Å². The highest BCUT2D eigenvalue weighted by Gasteiger charge is 2.08. The fourth-order valence-corrected chi connectivity index (χ4v) is 0.843. The van der Waals surface area contributed by atoms with E-state index in [1.54, 1.807) is 19.1 Å². The van der Waals surface area contributed by atoms with Crippen LogP contribution < -0.4 is 16.5 Å². The minimum Gasteiger partial charge on any atom is -0.326 e. The van der Waals surface area contributed by atoms with Crippen molar-refractivity contribution in [2.45, 2.75) is 12.7 Å². The van der Waals surface area contributed by atoms with Gasteiger partial charge >= 0.3 is 0 Å². The van der Waals surface area contributed by atoms with Gasteiger partial charge in [-0.2, -0.15) is 0 Å². The molecule has 0 aliphatic carbocycles. The van der Waals surface area contributed by atoms with Gasteiger partial charge < -0.3 is 5.32 Å². The second kappa shape index (κ2) is 4.35. The average molecular weight is 180 g/mol. The van der Waals surface area contributed by atoms with Crippen molar-refractivity contribution >= 4 is 46.3 Å². The Morgan fingerprint density at radius 1 is 1.50 bits per heavy atom. The molecule has 3 nitrogen and oxygen atoms in total. The lowest BCUT2D eigenvalue weighted by molar-refractivity contribution is -0.115. The quantitative estimate of drug-likeness (QED) is 0.567. The maximum atomic E-state index is 11.2. The SMILES string of the molecule is [B]c1ccc(NC(=O)C([B])C)c([B])n1. The van der Waals surface area contributed by atoms with E-state index in [2.05, 4.69) is 10.3 Å². The molecule has 0 fully saturated rings. The van der Waals surface area contributed by atoms with Crippen molar-refractivity contribution in [3.8, 4) is 0 Å². The number of carbonyl (C=O) groups is 1. The zero-order valence-corrected chi connectivity index (χ0v) is 7.82. The third kappa shape index (κ3) is 2.65. The van der Waals surface area contributed by atoms with Gasteiger partial charge in [-0.3, -0.25) is 9.78 Å². The first kappa shape index (κ1) is 10.9. The van der Waals surface area contributed by atoms with Gasteiger partial charge in [0.25, 0.3) is 0 Å². The molecular weight excluding hydrogens is 173 g/mol. The molecule has 0 saturated carbocycles. The summed E-state index contributed by atoms with van der Waals surface area (Å²) in [6.45, 7) is 1.58. The molecule has 1 amide bonds. The lowest BCUT2D eigenvalue weighted by Crippen LogP contribution is -2.27. The van der Waals surface area contributed by atoms with Crippen LogP contribution in [-0.2, 0) is 4.79 Å². The van der Waals surface area contributed by atoms with Gasteiger partial charge in [0.2, 0.25) is 5.91 Å². The average Bonchev–Trinajstić information content (AvgIpc) is 2.09. The molecule has 0 aliphatic heterocycles. The van der Waals surface area contributed by atoms with Crippen molar-refractivity contribution in [3.05, 3.63) is 12.1 Å². The summed E-state index contributed by atoms with van der Waals surface area (Å²) in [6.07, 6.45) is 0. The first-order valence-electron chi connectivity index (χ1n) is 4.09. The Morgan fingerprint density at radius 3 is 2.64 bits per heavy atom.